The molecule has 0 radical (unpaired) electrons. The number of hydrogen-bond acceptors (Lipinski definition) is 7. The Labute approximate surface area is 146 Å². The fourth-order valence-electron chi connectivity index (χ4n) is 3.18. The first-order valence-corrected chi connectivity index (χ1v) is 8.64. The summed E-state index contributed by atoms with van der Waals surface area (Å²) in [6.07, 6.45) is 5.63. The highest BCUT2D eigenvalue weighted by Crippen LogP contribution is 2.33. The Kier molecular flexibility index (Phi) is 4.31. The van der Waals surface area contributed by atoms with Gasteiger partial charge in [-0.2, -0.15) is 0 Å². The molecular formula is C18H21N5O2. The van der Waals surface area contributed by atoms with Gasteiger partial charge >= 0.3 is 0 Å². The molecule has 0 amide bonds. The lowest BCUT2D eigenvalue weighted by Gasteiger charge is -2.20. The molecule has 1 fully saturated rings. The van der Waals surface area contributed by atoms with Gasteiger partial charge in [0.25, 0.3) is 0 Å². The van der Waals surface area contributed by atoms with E-state index in [4.69, 9.17) is 8.94 Å². The predicted molar refractivity (Wildman–Crippen MR) is 90.5 cm³/mol. The number of hydrogen-bond donors (Lipinski definition) is 0. The lowest BCUT2D eigenvalue weighted by atomic mass is 10.1. The van der Waals surface area contributed by atoms with Crippen molar-refractivity contribution in [2.24, 2.45) is 0 Å². The van der Waals surface area contributed by atoms with Crippen molar-refractivity contribution in [3.63, 3.8) is 0 Å². The van der Waals surface area contributed by atoms with Gasteiger partial charge in [-0.05, 0) is 31.5 Å². The van der Waals surface area contributed by atoms with Crippen LogP contribution in [0.3, 0.4) is 0 Å². The maximum atomic E-state index is 5.81. The van der Waals surface area contributed by atoms with Gasteiger partial charge < -0.3 is 8.94 Å². The van der Waals surface area contributed by atoms with Crippen LogP contribution in [0.25, 0.3) is 11.5 Å². The lowest BCUT2D eigenvalue weighted by molar-refractivity contribution is 0.215. The third-order valence-corrected chi connectivity index (χ3v) is 4.53. The monoisotopic (exact) mass is 339 g/mol. The van der Waals surface area contributed by atoms with Crippen LogP contribution >= 0.6 is 0 Å². The quantitative estimate of drug-likeness (QED) is 0.702. The number of rotatable bonds is 5. The molecule has 0 spiro atoms. The Morgan fingerprint density at radius 3 is 3.00 bits per heavy atom. The van der Waals surface area contributed by atoms with Gasteiger partial charge in [0, 0.05) is 24.4 Å². The first kappa shape index (κ1) is 16.0. The Hall–Kier alpha value is -2.54. The van der Waals surface area contributed by atoms with Gasteiger partial charge in [-0.3, -0.25) is 9.88 Å². The van der Waals surface area contributed by atoms with Gasteiger partial charge in [-0.25, -0.2) is 0 Å². The summed E-state index contributed by atoms with van der Waals surface area (Å²) < 4.78 is 11.3. The van der Waals surface area contributed by atoms with Crippen LogP contribution in [0, 0.1) is 0 Å². The van der Waals surface area contributed by atoms with Gasteiger partial charge in [0.1, 0.15) is 11.5 Å². The fourth-order valence-corrected chi connectivity index (χ4v) is 3.18. The molecule has 25 heavy (non-hydrogen) atoms. The zero-order valence-electron chi connectivity index (χ0n) is 14.4. The van der Waals surface area contributed by atoms with Crippen molar-refractivity contribution in [2.45, 2.75) is 45.2 Å². The zero-order chi connectivity index (χ0) is 17.2. The fraction of sp³-hybridized carbons (Fsp3) is 0.444. The highest BCUT2D eigenvalue weighted by molar-refractivity contribution is 5.49. The molecule has 1 unspecified atom stereocenters. The van der Waals surface area contributed by atoms with E-state index < -0.39 is 0 Å². The van der Waals surface area contributed by atoms with Crippen molar-refractivity contribution >= 4 is 0 Å². The van der Waals surface area contributed by atoms with E-state index in [2.05, 4.69) is 45.2 Å². The van der Waals surface area contributed by atoms with E-state index in [1.54, 1.807) is 12.4 Å². The molecule has 4 rings (SSSR count). The van der Waals surface area contributed by atoms with E-state index in [0.29, 0.717) is 24.2 Å². The number of pyridine rings is 1. The summed E-state index contributed by atoms with van der Waals surface area (Å²) in [5, 5.41) is 12.6. The average molecular weight is 339 g/mol. The third kappa shape index (κ3) is 3.32. The summed E-state index contributed by atoms with van der Waals surface area (Å²) in [6, 6.07) is 6.07. The minimum absolute atomic E-state index is 0.241. The summed E-state index contributed by atoms with van der Waals surface area (Å²) >= 11 is 0. The Bertz CT molecular complexity index is 827. The molecule has 7 nitrogen and oxygen atoms in total. The second-order valence-electron chi connectivity index (χ2n) is 6.68. The second kappa shape index (κ2) is 6.76. The maximum absolute atomic E-state index is 5.81. The van der Waals surface area contributed by atoms with E-state index in [0.717, 1.165) is 36.4 Å². The molecule has 3 aromatic rings. The molecule has 1 aliphatic rings. The van der Waals surface area contributed by atoms with E-state index in [1.807, 2.05) is 12.1 Å². The molecule has 1 saturated heterocycles. The van der Waals surface area contributed by atoms with E-state index in [9.17, 15) is 0 Å². The highest BCUT2D eigenvalue weighted by atomic mass is 16.5. The Morgan fingerprint density at radius 2 is 2.24 bits per heavy atom. The van der Waals surface area contributed by atoms with Crippen LogP contribution in [0.5, 0.6) is 0 Å². The molecule has 130 valence electrons. The predicted octanol–water partition coefficient (Wildman–Crippen LogP) is 3.58. The minimum Gasteiger partial charge on any atom is -0.419 e. The third-order valence-electron chi connectivity index (χ3n) is 4.53. The van der Waals surface area contributed by atoms with Gasteiger partial charge in [0.05, 0.1) is 18.2 Å². The van der Waals surface area contributed by atoms with Crippen LogP contribution < -0.4 is 0 Å². The van der Waals surface area contributed by atoms with E-state index >= 15 is 0 Å². The zero-order valence-corrected chi connectivity index (χ0v) is 14.4. The average Bonchev–Trinajstić information content (AvgIpc) is 3.36. The molecule has 0 bridgehead atoms. The van der Waals surface area contributed by atoms with E-state index in [1.165, 1.54) is 0 Å². The van der Waals surface area contributed by atoms with Crippen molar-refractivity contribution in [1.82, 2.24) is 25.2 Å². The number of likely N-dealkylation sites (tertiary alicyclic amines) is 1. The molecule has 4 heterocycles. The Morgan fingerprint density at radius 1 is 1.32 bits per heavy atom. The molecule has 7 heteroatoms. The van der Waals surface area contributed by atoms with Crippen molar-refractivity contribution in [1.29, 1.82) is 0 Å². The highest BCUT2D eigenvalue weighted by Gasteiger charge is 2.30. The van der Waals surface area contributed by atoms with Crippen molar-refractivity contribution in [3.05, 3.63) is 47.9 Å². The molecule has 3 aromatic heterocycles. The molecular weight excluding hydrogens is 318 g/mol. The lowest BCUT2D eigenvalue weighted by Crippen LogP contribution is -2.23. The standard InChI is InChI=1S/C18H21N5O2/c1-12(2)16-9-14(22-25-16)15-6-4-8-23(15)11-17-20-21-18(24-17)13-5-3-7-19-10-13/h3,5,7,9-10,12,15H,4,6,8,11H2,1-2H3. The molecule has 0 N–H and O–H groups in total. The van der Waals surface area contributed by atoms with Crippen LogP contribution in [0.1, 0.15) is 56.0 Å². The summed E-state index contributed by atoms with van der Waals surface area (Å²) in [5.41, 5.74) is 1.82. The smallest absolute Gasteiger partial charge is 0.249 e. The molecule has 0 saturated carbocycles. The second-order valence-corrected chi connectivity index (χ2v) is 6.68. The van der Waals surface area contributed by atoms with Crippen molar-refractivity contribution < 1.29 is 8.94 Å². The molecule has 1 aliphatic heterocycles. The molecule has 0 aromatic carbocycles. The molecule has 0 aliphatic carbocycles. The van der Waals surface area contributed by atoms with Gasteiger partial charge in [-0.15, -0.1) is 10.2 Å². The van der Waals surface area contributed by atoms with Crippen LogP contribution in [-0.4, -0.2) is 31.8 Å². The van der Waals surface area contributed by atoms with Crippen LogP contribution in [0.15, 0.2) is 39.5 Å². The first-order valence-electron chi connectivity index (χ1n) is 8.64. The van der Waals surface area contributed by atoms with Gasteiger partial charge in [-0.1, -0.05) is 19.0 Å². The maximum Gasteiger partial charge on any atom is 0.249 e. The largest absolute Gasteiger partial charge is 0.419 e. The molecule has 1 atom stereocenters. The summed E-state index contributed by atoms with van der Waals surface area (Å²) in [4.78, 5) is 6.41. The number of nitrogens with zero attached hydrogens (tertiary/aromatic N) is 5. The van der Waals surface area contributed by atoms with Crippen LogP contribution in [-0.2, 0) is 6.54 Å². The SMILES string of the molecule is CC(C)c1cc(C2CCCN2Cc2nnc(-c3cccnc3)o2)no1. The van der Waals surface area contributed by atoms with Crippen molar-refractivity contribution in [2.75, 3.05) is 6.54 Å². The van der Waals surface area contributed by atoms with Crippen LogP contribution in [0.2, 0.25) is 0 Å². The van der Waals surface area contributed by atoms with Crippen LogP contribution in [0.4, 0.5) is 0 Å². The normalized spacial score (nSPS) is 18.3. The van der Waals surface area contributed by atoms with Crippen molar-refractivity contribution in [3.8, 4) is 11.5 Å². The number of aromatic nitrogens is 4. The summed E-state index contributed by atoms with van der Waals surface area (Å²) in [6.45, 7) is 5.81. The first-order chi connectivity index (χ1) is 12.2. The van der Waals surface area contributed by atoms with Gasteiger partial charge in [0.2, 0.25) is 11.8 Å². The van der Waals surface area contributed by atoms with Gasteiger partial charge in [0.15, 0.2) is 0 Å². The van der Waals surface area contributed by atoms with E-state index in [-0.39, 0.29) is 6.04 Å². The Balaban J connectivity index is 1.49. The topological polar surface area (TPSA) is 81.1 Å². The summed E-state index contributed by atoms with van der Waals surface area (Å²) in [7, 11) is 0. The minimum atomic E-state index is 0.241. The summed E-state index contributed by atoms with van der Waals surface area (Å²) in [5.74, 6) is 2.38.